The van der Waals surface area contributed by atoms with Crippen molar-refractivity contribution in [2.24, 2.45) is 7.05 Å². The molecule has 1 aromatic carbocycles. The number of hydrogen-bond acceptors (Lipinski definition) is 5. The van der Waals surface area contributed by atoms with E-state index in [2.05, 4.69) is 6.07 Å². The number of nitriles is 1. The Kier molecular flexibility index (Phi) is 4.46. The van der Waals surface area contributed by atoms with E-state index < -0.39 is 23.4 Å². The summed E-state index contributed by atoms with van der Waals surface area (Å²) in [5, 5.41) is 9.19. The van der Waals surface area contributed by atoms with E-state index in [-0.39, 0.29) is 0 Å². The average molecular weight is 381 g/mol. The second-order valence-electron chi connectivity index (χ2n) is 8.20. The third-order valence-electron chi connectivity index (χ3n) is 4.52. The number of anilines is 1. The molecule has 0 aliphatic carbocycles. The second-order valence-corrected chi connectivity index (χ2v) is 8.20. The quantitative estimate of drug-likeness (QED) is 0.715. The fourth-order valence-electron chi connectivity index (χ4n) is 3.18. The predicted octanol–water partition coefficient (Wildman–Crippen LogP) is 4.69. The summed E-state index contributed by atoms with van der Waals surface area (Å²) in [7, 11) is 1.81. The van der Waals surface area contributed by atoms with Crippen LogP contribution in [0.25, 0.3) is 11.3 Å². The summed E-state index contributed by atoms with van der Waals surface area (Å²) in [6.07, 6.45) is -1.56. The van der Waals surface area contributed by atoms with E-state index >= 15 is 0 Å². The van der Waals surface area contributed by atoms with E-state index in [9.17, 15) is 14.9 Å². The number of aromatic nitrogens is 1. The molecule has 0 unspecified atom stereocenters. The second kappa shape index (κ2) is 6.41. The first-order valence-electron chi connectivity index (χ1n) is 8.91. The smallest absolute Gasteiger partial charge is 0.424 e. The Bertz CT molecular complexity index is 1010. The maximum absolute atomic E-state index is 12.6. The van der Waals surface area contributed by atoms with Gasteiger partial charge in [0.05, 0.1) is 5.69 Å². The van der Waals surface area contributed by atoms with Crippen LogP contribution in [0, 0.1) is 11.3 Å². The Morgan fingerprint density at radius 1 is 1.21 bits per heavy atom. The minimum atomic E-state index is -0.926. The number of carbonyl (C=O) groups excluding carboxylic acids is 2. The highest BCUT2D eigenvalue weighted by Crippen LogP contribution is 2.41. The first-order chi connectivity index (χ1) is 12.9. The molecule has 3 rings (SSSR count). The maximum atomic E-state index is 12.6. The van der Waals surface area contributed by atoms with Crippen molar-refractivity contribution >= 4 is 17.9 Å². The fourth-order valence-corrected chi connectivity index (χ4v) is 3.18. The Balaban J connectivity index is 2.11. The molecule has 0 fully saturated rings. The van der Waals surface area contributed by atoms with Gasteiger partial charge in [-0.3, -0.25) is 0 Å². The Hall–Kier alpha value is -3.27. The summed E-state index contributed by atoms with van der Waals surface area (Å²) in [5.41, 5.74) is 1.65. The molecule has 0 atom stereocenters. The van der Waals surface area contributed by atoms with Crippen molar-refractivity contribution in [2.75, 3.05) is 4.90 Å². The molecule has 28 heavy (non-hydrogen) atoms. The van der Waals surface area contributed by atoms with Gasteiger partial charge >= 0.3 is 12.2 Å². The van der Waals surface area contributed by atoms with E-state index in [4.69, 9.17) is 9.47 Å². The topological polar surface area (TPSA) is 84.6 Å². The predicted molar refractivity (Wildman–Crippen MR) is 104 cm³/mol. The van der Waals surface area contributed by atoms with Crippen molar-refractivity contribution in [3.63, 3.8) is 0 Å². The Morgan fingerprint density at radius 2 is 1.89 bits per heavy atom. The van der Waals surface area contributed by atoms with Crippen LogP contribution < -0.4 is 4.90 Å². The molecule has 0 saturated carbocycles. The highest BCUT2D eigenvalue weighted by Gasteiger charge is 2.43. The molecular formula is C21H23N3O4. The third kappa shape index (κ3) is 3.33. The number of benzene rings is 1. The van der Waals surface area contributed by atoms with Crippen molar-refractivity contribution in [3.05, 3.63) is 41.6 Å². The molecule has 146 valence electrons. The number of fused-ring (bicyclic) bond motifs is 1. The van der Waals surface area contributed by atoms with Crippen LogP contribution in [0.2, 0.25) is 0 Å². The molecule has 0 radical (unpaired) electrons. The van der Waals surface area contributed by atoms with Crippen LogP contribution >= 0.6 is 0 Å². The first-order valence-corrected chi connectivity index (χ1v) is 8.91. The summed E-state index contributed by atoms with van der Waals surface area (Å²) in [6.45, 7) is 8.74. The molecule has 2 aromatic rings. The third-order valence-corrected chi connectivity index (χ3v) is 4.52. The lowest BCUT2D eigenvalue weighted by atomic mass is 9.91. The van der Waals surface area contributed by atoms with Crippen molar-refractivity contribution in [3.8, 4) is 17.3 Å². The lowest BCUT2D eigenvalue weighted by molar-refractivity contribution is 0.0265. The number of carbonyl (C=O) groups is 2. The molecule has 0 spiro atoms. The summed E-state index contributed by atoms with van der Waals surface area (Å²) >= 11 is 0. The van der Waals surface area contributed by atoms with Crippen molar-refractivity contribution < 1.29 is 19.1 Å². The van der Waals surface area contributed by atoms with Crippen molar-refractivity contribution in [1.82, 2.24) is 4.57 Å². The van der Waals surface area contributed by atoms with Gasteiger partial charge in [-0.2, -0.15) is 10.2 Å². The largest absolute Gasteiger partial charge is 0.443 e. The van der Waals surface area contributed by atoms with Gasteiger partial charge in [-0.15, -0.1) is 0 Å². The highest BCUT2D eigenvalue weighted by molar-refractivity contribution is 6.11. The van der Waals surface area contributed by atoms with E-state index in [1.54, 1.807) is 57.4 Å². The van der Waals surface area contributed by atoms with Crippen LogP contribution in [-0.2, 0) is 22.1 Å². The molecule has 1 aromatic heterocycles. The van der Waals surface area contributed by atoms with Gasteiger partial charge in [0.25, 0.3) is 0 Å². The van der Waals surface area contributed by atoms with Crippen LogP contribution in [0.5, 0.6) is 0 Å². The van der Waals surface area contributed by atoms with Gasteiger partial charge in [-0.25, -0.2) is 9.59 Å². The number of amides is 2. The van der Waals surface area contributed by atoms with Crippen molar-refractivity contribution in [2.45, 2.75) is 45.8 Å². The molecule has 7 nitrogen and oxygen atoms in total. The molecular weight excluding hydrogens is 358 g/mol. The van der Waals surface area contributed by atoms with Gasteiger partial charge in [0.2, 0.25) is 0 Å². The van der Waals surface area contributed by atoms with Crippen molar-refractivity contribution in [1.29, 1.82) is 5.26 Å². The zero-order valence-electron chi connectivity index (χ0n) is 16.9. The number of cyclic esters (lactones) is 1. The standard InChI is InChI=1S/C21H23N3O4/c1-20(2,3)27-18(25)24-17-9-7-13(16-10-8-14(12-22)23(16)6)11-15(17)21(4,5)28-19(24)26/h7-11H,1-6H3. The molecule has 7 heteroatoms. The first kappa shape index (κ1) is 19.5. The van der Waals surface area contributed by atoms with E-state index in [1.165, 1.54) is 0 Å². The van der Waals surface area contributed by atoms with Gasteiger partial charge in [-0.1, -0.05) is 6.07 Å². The van der Waals surface area contributed by atoms with E-state index in [0.29, 0.717) is 16.9 Å². The summed E-state index contributed by atoms with van der Waals surface area (Å²) < 4.78 is 12.7. The lowest BCUT2D eigenvalue weighted by Crippen LogP contribution is -2.48. The molecule has 2 heterocycles. The minimum Gasteiger partial charge on any atom is -0.443 e. The molecule has 1 aliphatic rings. The zero-order valence-corrected chi connectivity index (χ0v) is 16.9. The van der Waals surface area contributed by atoms with E-state index in [0.717, 1.165) is 16.2 Å². The Morgan fingerprint density at radius 3 is 2.46 bits per heavy atom. The van der Waals surface area contributed by atoms with Crippen LogP contribution in [0.1, 0.15) is 45.9 Å². The van der Waals surface area contributed by atoms with E-state index in [1.807, 2.05) is 19.2 Å². The maximum Gasteiger partial charge on any atom is 0.424 e. The van der Waals surface area contributed by atoms with Gasteiger partial charge in [0, 0.05) is 18.3 Å². The zero-order chi connectivity index (χ0) is 20.9. The monoisotopic (exact) mass is 381 g/mol. The Labute approximate surface area is 164 Å². The molecule has 0 bridgehead atoms. The van der Waals surface area contributed by atoms with Crippen LogP contribution in [-0.4, -0.2) is 22.4 Å². The van der Waals surface area contributed by atoms with Gasteiger partial charge in [0.15, 0.2) is 0 Å². The normalized spacial score (nSPS) is 15.5. The van der Waals surface area contributed by atoms with Gasteiger partial charge < -0.3 is 14.0 Å². The SMILES string of the molecule is Cn1c(C#N)ccc1-c1ccc2c(c1)C(C)(C)OC(=O)N2C(=O)OC(C)(C)C. The summed E-state index contributed by atoms with van der Waals surface area (Å²) in [6, 6.07) is 11.1. The highest BCUT2D eigenvalue weighted by atomic mass is 16.6. The van der Waals surface area contributed by atoms with Crippen LogP contribution in [0.4, 0.5) is 15.3 Å². The minimum absolute atomic E-state index is 0.425. The summed E-state index contributed by atoms with van der Waals surface area (Å²) in [4.78, 5) is 26.0. The number of hydrogen-bond donors (Lipinski definition) is 0. The van der Waals surface area contributed by atoms with Crippen LogP contribution in [0.15, 0.2) is 30.3 Å². The van der Waals surface area contributed by atoms with Crippen LogP contribution in [0.3, 0.4) is 0 Å². The number of nitrogens with zero attached hydrogens (tertiary/aromatic N) is 3. The molecule has 1 aliphatic heterocycles. The average Bonchev–Trinajstić information content (AvgIpc) is 2.93. The van der Waals surface area contributed by atoms with Gasteiger partial charge in [0.1, 0.15) is 23.0 Å². The lowest BCUT2D eigenvalue weighted by Gasteiger charge is -2.38. The van der Waals surface area contributed by atoms with Gasteiger partial charge in [-0.05, 0) is 64.4 Å². The number of rotatable bonds is 1. The number of imide groups is 1. The molecule has 0 N–H and O–H groups in total. The molecule has 2 amide bonds. The fraction of sp³-hybridized carbons (Fsp3) is 0.381. The number of ether oxygens (including phenoxy) is 2. The molecule has 0 saturated heterocycles. The summed E-state index contributed by atoms with van der Waals surface area (Å²) in [5.74, 6) is 0.